The van der Waals surface area contributed by atoms with Crippen molar-refractivity contribution in [3.05, 3.63) is 97.9 Å². The first kappa shape index (κ1) is 21.8. The summed E-state index contributed by atoms with van der Waals surface area (Å²) >= 11 is 12.6. The molecule has 0 radical (unpaired) electrons. The van der Waals surface area contributed by atoms with Gasteiger partial charge in [0.15, 0.2) is 5.78 Å². The number of anilines is 1. The molecule has 0 saturated carbocycles. The summed E-state index contributed by atoms with van der Waals surface area (Å²) in [5, 5.41) is 0.556. The molecule has 0 bridgehead atoms. The molecule has 29 heavy (non-hydrogen) atoms. The van der Waals surface area contributed by atoms with Crippen LogP contribution < -0.4 is 4.72 Å². The van der Waals surface area contributed by atoms with Crippen molar-refractivity contribution in [2.24, 2.45) is 0 Å². The second-order valence-electron chi connectivity index (χ2n) is 5.98. The zero-order valence-corrected chi connectivity index (χ0v) is 19.5. The molecule has 8 heteroatoms. The minimum atomic E-state index is -3.79. The summed E-state index contributed by atoms with van der Waals surface area (Å²) in [7, 11) is -3.79. The van der Waals surface area contributed by atoms with Crippen LogP contribution in [0.5, 0.6) is 0 Å². The van der Waals surface area contributed by atoms with Crippen LogP contribution in [0.25, 0.3) is 6.08 Å². The van der Waals surface area contributed by atoms with Crippen LogP contribution in [0.4, 0.5) is 5.69 Å². The highest BCUT2D eigenvalue weighted by molar-refractivity contribution is 9.11. The average Bonchev–Trinajstić information content (AvgIpc) is 2.69. The third-order valence-corrected chi connectivity index (χ3v) is 7.14. The molecule has 0 amide bonds. The van der Waals surface area contributed by atoms with E-state index in [1.165, 1.54) is 12.1 Å². The Labute approximate surface area is 190 Å². The Morgan fingerprint density at radius 3 is 2.34 bits per heavy atom. The maximum absolute atomic E-state index is 12.6. The van der Waals surface area contributed by atoms with Gasteiger partial charge in [-0.15, -0.1) is 0 Å². The van der Waals surface area contributed by atoms with Gasteiger partial charge in [0.05, 0.1) is 0 Å². The number of hydrogen-bond donors (Lipinski definition) is 1. The van der Waals surface area contributed by atoms with E-state index in [0.29, 0.717) is 25.2 Å². The molecule has 3 aromatic rings. The average molecular weight is 556 g/mol. The lowest BCUT2D eigenvalue weighted by molar-refractivity contribution is 0.104. The van der Waals surface area contributed by atoms with Crippen LogP contribution in [0.2, 0.25) is 5.02 Å². The molecule has 4 nitrogen and oxygen atoms in total. The van der Waals surface area contributed by atoms with Gasteiger partial charge in [0.1, 0.15) is 4.90 Å². The van der Waals surface area contributed by atoms with Crippen LogP contribution in [0.15, 0.2) is 86.6 Å². The van der Waals surface area contributed by atoms with Crippen LogP contribution in [-0.4, -0.2) is 14.2 Å². The highest BCUT2D eigenvalue weighted by atomic mass is 79.9. The maximum atomic E-state index is 12.6. The molecule has 0 unspecified atom stereocenters. The Kier molecular flexibility index (Phi) is 6.95. The topological polar surface area (TPSA) is 63.2 Å². The van der Waals surface area contributed by atoms with Gasteiger partial charge >= 0.3 is 0 Å². The van der Waals surface area contributed by atoms with Gasteiger partial charge in [-0.1, -0.05) is 45.7 Å². The molecule has 0 aliphatic rings. The Bertz CT molecular complexity index is 1190. The van der Waals surface area contributed by atoms with E-state index in [4.69, 9.17) is 11.6 Å². The van der Waals surface area contributed by atoms with E-state index in [-0.39, 0.29) is 10.7 Å². The van der Waals surface area contributed by atoms with Gasteiger partial charge in [0, 0.05) is 25.2 Å². The number of benzene rings is 3. The number of halogens is 3. The van der Waals surface area contributed by atoms with Gasteiger partial charge in [-0.3, -0.25) is 9.52 Å². The molecular weight excluding hydrogens is 542 g/mol. The fourth-order valence-electron chi connectivity index (χ4n) is 2.47. The lowest BCUT2D eigenvalue weighted by atomic mass is 10.1. The maximum Gasteiger partial charge on any atom is 0.263 e. The third kappa shape index (κ3) is 5.57. The summed E-state index contributed by atoms with van der Waals surface area (Å²) in [5.41, 5.74) is 1.52. The smallest absolute Gasteiger partial charge is 0.263 e. The van der Waals surface area contributed by atoms with Crippen molar-refractivity contribution in [1.82, 2.24) is 0 Å². The van der Waals surface area contributed by atoms with E-state index in [2.05, 4.69) is 36.6 Å². The number of rotatable bonds is 6. The molecule has 0 aromatic heterocycles. The van der Waals surface area contributed by atoms with Crippen LogP contribution >= 0.6 is 43.5 Å². The minimum absolute atomic E-state index is 0.106. The zero-order valence-electron chi connectivity index (χ0n) is 14.8. The summed E-state index contributed by atoms with van der Waals surface area (Å²) in [6.45, 7) is 0. The van der Waals surface area contributed by atoms with E-state index >= 15 is 0 Å². The quantitative estimate of drug-likeness (QED) is 0.277. The summed E-state index contributed by atoms with van der Waals surface area (Å²) in [4.78, 5) is 12.5. The summed E-state index contributed by atoms with van der Waals surface area (Å²) < 4.78 is 28.9. The van der Waals surface area contributed by atoms with Gasteiger partial charge in [0.25, 0.3) is 10.0 Å². The SMILES string of the molecule is O=C(/C=C/c1ccccc1Cl)c1ccc(NS(=O)(=O)c2cc(Br)ccc2Br)cc1. The Morgan fingerprint density at radius 1 is 0.966 bits per heavy atom. The molecule has 0 heterocycles. The van der Waals surface area contributed by atoms with Gasteiger partial charge < -0.3 is 0 Å². The van der Waals surface area contributed by atoms with E-state index in [1.807, 2.05) is 18.2 Å². The lowest BCUT2D eigenvalue weighted by Crippen LogP contribution is -2.13. The molecule has 148 valence electrons. The molecule has 0 aliphatic heterocycles. The van der Waals surface area contributed by atoms with Crippen LogP contribution in [0, 0.1) is 0 Å². The number of ketones is 1. The zero-order chi connectivity index (χ0) is 21.0. The van der Waals surface area contributed by atoms with Gasteiger partial charge in [-0.2, -0.15) is 0 Å². The first-order chi connectivity index (χ1) is 13.8. The van der Waals surface area contributed by atoms with E-state index in [9.17, 15) is 13.2 Å². The molecule has 0 atom stereocenters. The van der Waals surface area contributed by atoms with Crippen molar-refractivity contribution < 1.29 is 13.2 Å². The van der Waals surface area contributed by atoms with Crippen LogP contribution in [0.3, 0.4) is 0 Å². The normalized spacial score (nSPS) is 11.6. The van der Waals surface area contributed by atoms with E-state index in [0.717, 1.165) is 5.56 Å². The monoisotopic (exact) mass is 553 g/mol. The van der Waals surface area contributed by atoms with Gasteiger partial charge in [-0.05, 0) is 82.2 Å². The molecule has 1 N–H and O–H groups in total. The fourth-order valence-corrected chi connectivity index (χ4v) is 5.23. The molecular formula is C21H14Br2ClNO3S. The first-order valence-corrected chi connectivity index (χ1v) is 11.8. The Hall–Kier alpha value is -1.93. The van der Waals surface area contributed by atoms with E-state index in [1.54, 1.807) is 48.5 Å². The third-order valence-electron chi connectivity index (χ3n) is 3.92. The molecule has 0 aliphatic carbocycles. The number of sulfonamides is 1. The Balaban J connectivity index is 1.75. The van der Waals surface area contributed by atoms with Gasteiger partial charge in [0.2, 0.25) is 0 Å². The second-order valence-corrected chi connectivity index (χ2v) is 9.80. The second kappa shape index (κ2) is 9.26. The lowest BCUT2D eigenvalue weighted by Gasteiger charge is -2.10. The van der Waals surface area contributed by atoms with Gasteiger partial charge in [-0.25, -0.2) is 8.42 Å². The van der Waals surface area contributed by atoms with E-state index < -0.39 is 10.0 Å². The Morgan fingerprint density at radius 2 is 1.66 bits per heavy atom. The van der Waals surface area contributed by atoms with Crippen molar-refractivity contribution >= 4 is 71.0 Å². The summed E-state index contributed by atoms with van der Waals surface area (Å²) in [6.07, 6.45) is 3.07. The molecule has 0 spiro atoms. The highest BCUT2D eigenvalue weighted by Crippen LogP contribution is 2.27. The molecule has 0 saturated heterocycles. The molecule has 3 rings (SSSR count). The molecule has 3 aromatic carbocycles. The van der Waals surface area contributed by atoms with Crippen molar-refractivity contribution in [2.75, 3.05) is 4.72 Å². The van der Waals surface area contributed by atoms with Crippen LogP contribution in [-0.2, 0) is 10.0 Å². The number of carbonyl (C=O) groups excluding carboxylic acids is 1. The number of nitrogens with one attached hydrogen (secondary N) is 1. The van der Waals surface area contributed by atoms with Crippen molar-refractivity contribution in [3.8, 4) is 0 Å². The van der Waals surface area contributed by atoms with Crippen LogP contribution in [0.1, 0.15) is 15.9 Å². The van der Waals surface area contributed by atoms with Crippen molar-refractivity contribution in [1.29, 1.82) is 0 Å². The predicted octanol–water partition coefficient (Wildman–Crippen LogP) is 6.56. The predicted molar refractivity (Wildman–Crippen MR) is 124 cm³/mol. The van der Waals surface area contributed by atoms with Crippen molar-refractivity contribution in [2.45, 2.75) is 4.90 Å². The number of hydrogen-bond acceptors (Lipinski definition) is 3. The van der Waals surface area contributed by atoms with Crippen molar-refractivity contribution in [3.63, 3.8) is 0 Å². The minimum Gasteiger partial charge on any atom is -0.289 e. The first-order valence-electron chi connectivity index (χ1n) is 8.31. The molecule has 0 fully saturated rings. The number of carbonyl (C=O) groups is 1. The number of allylic oxidation sites excluding steroid dienone is 1. The summed E-state index contributed by atoms with van der Waals surface area (Å²) in [5.74, 6) is -0.214. The largest absolute Gasteiger partial charge is 0.289 e. The summed E-state index contributed by atoms with van der Waals surface area (Å²) in [6, 6.07) is 18.3. The highest BCUT2D eigenvalue weighted by Gasteiger charge is 2.18. The standard InChI is InChI=1S/C21H14Br2ClNO3S/c22-16-8-11-18(23)21(13-16)29(27,28)25-17-9-5-15(6-10-17)20(26)12-7-14-3-1-2-4-19(14)24/h1-13,25H/b12-7+. The fraction of sp³-hybridized carbons (Fsp3) is 0.